The van der Waals surface area contributed by atoms with Gasteiger partial charge in [-0.15, -0.1) is 0 Å². The third-order valence-corrected chi connectivity index (χ3v) is 5.63. The van der Waals surface area contributed by atoms with Crippen molar-refractivity contribution in [3.8, 4) is 6.07 Å². The van der Waals surface area contributed by atoms with Gasteiger partial charge in [-0.25, -0.2) is 0 Å². The van der Waals surface area contributed by atoms with E-state index in [-0.39, 0.29) is 28.6 Å². The van der Waals surface area contributed by atoms with E-state index in [2.05, 4.69) is 5.10 Å². The first-order valence-corrected chi connectivity index (χ1v) is 8.24. The Bertz CT molecular complexity index is 830. The van der Waals surface area contributed by atoms with Gasteiger partial charge >= 0.3 is 0 Å². The largest absolute Gasteiger partial charge is 0.293 e. The number of Topliss-reactive ketones (excluding diaryl/α,β-unsaturated/α-hetero) is 2. The van der Waals surface area contributed by atoms with Crippen LogP contribution in [0, 0.1) is 28.1 Å². The number of carbonyl (C=O) groups is 2. The van der Waals surface area contributed by atoms with Crippen molar-refractivity contribution in [3.05, 3.63) is 29.1 Å². The first-order valence-electron chi connectivity index (χ1n) is 8.24. The van der Waals surface area contributed by atoms with Crippen LogP contribution in [0.15, 0.2) is 17.8 Å². The maximum atomic E-state index is 13.3. The highest BCUT2D eigenvalue weighted by atomic mass is 16.1. The number of ketones is 2. The molecule has 0 spiro atoms. The SMILES string of the molecule is CC1(C)C(=O)C(C#N)=C[C@]2(C)C(=O)c3cnn(C(C)(C)C)c3CC12. The Morgan fingerprint density at radius 2 is 1.88 bits per heavy atom. The molecule has 0 fully saturated rings. The van der Waals surface area contributed by atoms with E-state index in [1.807, 2.05) is 52.3 Å². The van der Waals surface area contributed by atoms with Crippen LogP contribution in [-0.4, -0.2) is 21.3 Å². The summed E-state index contributed by atoms with van der Waals surface area (Å²) in [6, 6.07) is 1.98. The third-order valence-electron chi connectivity index (χ3n) is 5.63. The molecule has 0 aromatic carbocycles. The van der Waals surface area contributed by atoms with Crippen LogP contribution in [0.5, 0.6) is 0 Å². The molecule has 0 saturated carbocycles. The van der Waals surface area contributed by atoms with Crippen LogP contribution in [-0.2, 0) is 16.8 Å². The summed E-state index contributed by atoms with van der Waals surface area (Å²) in [6.45, 7) is 11.7. The second-order valence-corrected chi connectivity index (χ2v) is 8.68. The third kappa shape index (κ3) is 1.95. The molecule has 0 amide bonds. The van der Waals surface area contributed by atoms with E-state index in [9.17, 15) is 14.9 Å². The highest BCUT2D eigenvalue weighted by Gasteiger charge is 2.57. The van der Waals surface area contributed by atoms with Crippen molar-refractivity contribution in [1.82, 2.24) is 9.78 Å². The lowest BCUT2D eigenvalue weighted by Gasteiger charge is -2.49. The minimum atomic E-state index is -0.846. The van der Waals surface area contributed by atoms with Crippen molar-refractivity contribution in [2.24, 2.45) is 16.7 Å². The Labute approximate surface area is 142 Å². The van der Waals surface area contributed by atoms with Crippen LogP contribution in [0.2, 0.25) is 0 Å². The Morgan fingerprint density at radius 3 is 2.42 bits per heavy atom. The van der Waals surface area contributed by atoms with Crippen molar-refractivity contribution in [2.45, 2.75) is 53.5 Å². The Morgan fingerprint density at radius 1 is 1.25 bits per heavy atom. The number of hydrogen-bond donors (Lipinski definition) is 0. The zero-order valence-electron chi connectivity index (χ0n) is 15.1. The van der Waals surface area contributed by atoms with Crippen LogP contribution in [0.25, 0.3) is 0 Å². The first kappa shape index (κ1) is 16.6. The van der Waals surface area contributed by atoms with Gasteiger partial charge in [-0.1, -0.05) is 13.8 Å². The highest BCUT2D eigenvalue weighted by Crippen LogP contribution is 2.53. The molecule has 0 aliphatic heterocycles. The van der Waals surface area contributed by atoms with E-state index < -0.39 is 10.8 Å². The maximum absolute atomic E-state index is 13.3. The fourth-order valence-electron chi connectivity index (χ4n) is 4.32. The molecular weight excluding hydrogens is 302 g/mol. The fraction of sp³-hybridized carbons (Fsp3) is 0.579. The van der Waals surface area contributed by atoms with Crippen molar-refractivity contribution < 1.29 is 9.59 Å². The average molecular weight is 325 g/mol. The van der Waals surface area contributed by atoms with E-state index in [1.54, 1.807) is 12.3 Å². The van der Waals surface area contributed by atoms with Gasteiger partial charge in [0.15, 0.2) is 11.6 Å². The van der Waals surface area contributed by atoms with Gasteiger partial charge in [0.05, 0.1) is 34.0 Å². The standard InChI is InChI=1S/C19H23N3O2/c1-17(2,3)22-13-7-14-18(4,5)15(23)11(9-20)8-19(14,6)16(24)12(13)10-21-22/h8,10,14H,7H2,1-6H3/t14?,19-/m0/s1. The van der Waals surface area contributed by atoms with E-state index in [4.69, 9.17) is 0 Å². The summed E-state index contributed by atoms with van der Waals surface area (Å²) < 4.78 is 1.89. The summed E-state index contributed by atoms with van der Waals surface area (Å²) >= 11 is 0. The molecular formula is C19H23N3O2. The van der Waals surface area contributed by atoms with Gasteiger partial charge in [0.2, 0.25) is 0 Å². The number of aromatic nitrogens is 2. The first-order chi connectivity index (χ1) is 10.9. The molecule has 3 rings (SSSR count). The monoisotopic (exact) mass is 325 g/mol. The predicted molar refractivity (Wildman–Crippen MR) is 89.3 cm³/mol. The van der Waals surface area contributed by atoms with Gasteiger partial charge in [0, 0.05) is 5.41 Å². The van der Waals surface area contributed by atoms with Crippen molar-refractivity contribution in [2.75, 3.05) is 0 Å². The fourth-order valence-corrected chi connectivity index (χ4v) is 4.32. The summed E-state index contributed by atoms with van der Waals surface area (Å²) in [5.74, 6) is -0.407. The van der Waals surface area contributed by atoms with Crippen molar-refractivity contribution in [1.29, 1.82) is 5.26 Å². The number of carbonyl (C=O) groups excluding carboxylic acids is 2. The number of hydrogen-bond acceptors (Lipinski definition) is 4. The second-order valence-electron chi connectivity index (χ2n) is 8.68. The zero-order chi connectivity index (χ0) is 18.1. The predicted octanol–water partition coefficient (Wildman–Crippen LogP) is 3.06. The lowest BCUT2D eigenvalue weighted by atomic mass is 9.52. The summed E-state index contributed by atoms with van der Waals surface area (Å²) in [7, 11) is 0. The number of nitrogens with zero attached hydrogens (tertiary/aromatic N) is 3. The van der Waals surface area contributed by atoms with E-state index in [1.165, 1.54) is 0 Å². The average Bonchev–Trinajstić information content (AvgIpc) is 2.90. The molecule has 2 aliphatic carbocycles. The van der Waals surface area contributed by atoms with Crippen molar-refractivity contribution >= 4 is 11.6 Å². The summed E-state index contributed by atoms with van der Waals surface area (Å²) in [5, 5.41) is 13.8. The number of fused-ring (bicyclic) bond motifs is 2. The molecule has 1 aromatic rings. The lowest BCUT2D eigenvalue weighted by molar-refractivity contribution is -0.128. The van der Waals surface area contributed by atoms with Crippen LogP contribution in [0.4, 0.5) is 0 Å². The van der Waals surface area contributed by atoms with Gasteiger partial charge in [-0.3, -0.25) is 14.3 Å². The minimum Gasteiger partial charge on any atom is -0.293 e. The smallest absolute Gasteiger partial charge is 0.178 e. The highest BCUT2D eigenvalue weighted by molar-refractivity contribution is 6.10. The number of nitriles is 1. The van der Waals surface area contributed by atoms with Crippen LogP contribution in [0.1, 0.15) is 57.6 Å². The number of rotatable bonds is 0. The summed E-state index contributed by atoms with van der Waals surface area (Å²) in [6.07, 6.45) is 3.82. The molecule has 1 unspecified atom stereocenters. The molecule has 5 heteroatoms. The molecule has 24 heavy (non-hydrogen) atoms. The van der Waals surface area contributed by atoms with E-state index >= 15 is 0 Å². The van der Waals surface area contributed by atoms with Crippen LogP contribution < -0.4 is 0 Å². The van der Waals surface area contributed by atoms with Gasteiger partial charge in [0.1, 0.15) is 6.07 Å². The molecule has 1 aromatic heterocycles. The van der Waals surface area contributed by atoms with Crippen LogP contribution >= 0.6 is 0 Å². The summed E-state index contributed by atoms with van der Waals surface area (Å²) in [5.41, 5.74) is -0.250. The van der Waals surface area contributed by atoms with E-state index in [0.717, 1.165) is 5.69 Å². The quantitative estimate of drug-likeness (QED) is 0.734. The van der Waals surface area contributed by atoms with Gasteiger partial charge in [-0.05, 0) is 46.1 Å². The molecule has 5 nitrogen and oxygen atoms in total. The molecule has 0 N–H and O–H groups in total. The van der Waals surface area contributed by atoms with Gasteiger partial charge in [-0.2, -0.15) is 10.4 Å². The summed E-state index contributed by atoms with van der Waals surface area (Å²) in [4.78, 5) is 25.9. The van der Waals surface area contributed by atoms with Crippen molar-refractivity contribution in [3.63, 3.8) is 0 Å². The normalized spacial score (nSPS) is 28.7. The Balaban J connectivity index is 2.26. The molecule has 1 heterocycles. The molecule has 2 atom stereocenters. The Hall–Kier alpha value is -2.22. The second kappa shape index (κ2) is 4.66. The molecule has 2 aliphatic rings. The molecule has 0 bridgehead atoms. The van der Waals surface area contributed by atoms with Crippen LogP contribution in [0.3, 0.4) is 0 Å². The minimum absolute atomic E-state index is 0.0439. The molecule has 0 saturated heterocycles. The zero-order valence-corrected chi connectivity index (χ0v) is 15.1. The van der Waals surface area contributed by atoms with E-state index in [0.29, 0.717) is 12.0 Å². The maximum Gasteiger partial charge on any atom is 0.178 e. The number of allylic oxidation sites excluding steroid dienone is 2. The topological polar surface area (TPSA) is 75.8 Å². The van der Waals surface area contributed by atoms with Gasteiger partial charge in [0.25, 0.3) is 0 Å². The lowest BCUT2D eigenvalue weighted by Crippen LogP contribution is -2.53. The molecule has 0 radical (unpaired) electrons. The molecule has 126 valence electrons. The van der Waals surface area contributed by atoms with Gasteiger partial charge < -0.3 is 0 Å². The Kier molecular flexibility index (Phi) is 3.23.